The number of carbonyl (C=O) groups excluding carboxylic acids is 2. The van der Waals surface area contributed by atoms with E-state index in [-0.39, 0.29) is 11.3 Å². The molecular weight excluding hydrogens is 460 g/mol. The molecule has 31 heavy (non-hydrogen) atoms. The third-order valence-corrected chi connectivity index (χ3v) is 5.95. The van der Waals surface area contributed by atoms with Crippen LogP contribution in [0.3, 0.4) is 0 Å². The zero-order chi connectivity index (χ0) is 22.3. The fraction of sp³-hybridized carbons (Fsp3) is 0.250. The molecule has 160 valence electrons. The number of carbonyl (C=O) groups is 2. The molecule has 4 rings (SSSR count). The third-order valence-electron chi connectivity index (χ3n) is 5.42. The molecule has 1 aromatic heterocycles. The number of hydrogen-bond donors (Lipinski definition) is 1. The van der Waals surface area contributed by atoms with E-state index < -0.39 is 23.5 Å². The number of aliphatic hydroxyl groups excluding tert-OH is 1. The monoisotopic (exact) mass is 482 g/mol. The molecule has 0 spiro atoms. The number of nitrogens with zero attached hydrogens (tertiary/aromatic N) is 2. The van der Waals surface area contributed by atoms with Crippen LogP contribution >= 0.6 is 15.9 Å². The summed E-state index contributed by atoms with van der Waals surface area (Å²) in [5.74, 6) is -1.45. The first-order chi connectivity index (χ1) is 14.8. The molecule has 0 radical (unpaired) electrons. The number of aryl methyl sites for hydroxylation is 1. The fourth-order valence-electron chi connectivity index (χ4n) is 3.82. The largest absolute Gasteiger partial charge is 0.503 e. The van der Waals surface area contributed by atoms with Gasteiger partial charge in [-0.05, 0) is 56.9 Å². The topological polar surface area (TPSA) is 74.0 Å². The average molecular weight is 483 g/mol. The van der Waals surface area contributed by atoms with Gasteiger partial charge in [-0.1, -0.05) is 39.7 Å². The standard InChI is InChI=1S/C24H23BrN2O4/c1-14-4-9-18-16(12-14)13-19(31-18)22(28)20-21(15-5-7-17(25)8-6-15)27(11-10-26(2)3)24(30)23(20)29/h4-9,12-13,21,29H,10-11H2,1-3H3. The normalized spacial score (nSPS) is 16.7. The molecule has 1 atom stereocenters. The van der Waals surface area contributed by atoms with Gasteiger partial charge in [0.1, 0.15) is 5.58 Å². The third kappa shape index (κ3) is 4.03. The molecule has 0 saturated carbocycles. The maximum atomic E-state index is 13.5. The molecule has 0 aliphatic carbocycles. The van der Waals surface area contributed by atoms with Gasteiger partial charge in [0.05, 0.1) is 11.6 Å². The van der Waals surface area contributed by atoms with Gasteiger partial charge in [0.15, 0.2) is 11.5 Å². The van der Waals surface area contributed by atoms with Crippen molar-refractivity contribution in [2.24, 2.45) is 0 Å². The second kappa shape index (κ2) is 8.32. The van der Waals surface area contributed by atoms with Gasteiger partial charge < -0.3 is 19.3 Å². The average Bonchev–Trinajstić information content (AvgIpc) is 3.25. The highest BCUT2D eigenvalue weighted by Gasteiger charge is 2.44. The van der Waals surface area contributed by atoms with Crippen LogP contribution in [0.15, 0.2) is 68.8 Å². The summed E-state index contributed by atoms with van der Waals surface area (Å²) in [6, 6.07) is 14.0. The van der Waals surface area contributed by atoms with Crippen LogP contribution in [0, 0.1) is 6.92 Å². The minimum atomic E-state index is -0.692. The van der Waals surface area contributed by atoms with E-state index in [9.17, 15) is 14.7 Å². The SMILES string of the molecule is Cc1ccc2oc(C(=O)C3=C(O)C(=O)N(CCN(C)C)C3c3ccc(Br)cc3)cc2c1. The number of hydrogen-bond acceptors (Lipinski definition) is 5. The zero-order valence-corrected chi connectivity index (χ0v) is 19.1. The zero-order valence-electron chi connectivity index (χ0n) is 17.6. The van der Waals surface area contributed by atoms with Gasteiger partial charge in [-0.2, -0.15) is 0 Å². The van der Waals surface area contributed by atoms with Crippen LogP contribution in [0.4, 0.5) is 0 Å². The van der Waals surface area contributed by atoms with Crippen molar-refractivity contribution < 1.29 is 19.1 Å². The Morgan fingerprint density at radius 1 is 1.16 bits per heavy atom. The summed E-state index contributed by atoms with van der Waals surface area (Å²) in [4.78, 5) is 29.9. The maximum absolute atomic E-state index is 13.5. The van der Waals surface area contributed by atoms with Gasteiger partial charge in [-0.3, -0.25) is 9.59 Å². The van der Waals surface area contributed by atoms with Crippen LogP contribution in [-0.4, -0.2) is 53.8 Å². The van der Waals surface area contributed by atoms with Gasteiger partial charge in [0.2, 0.25) is 5.78 Å². The predicted molar refractivity (Wildman–Crippen MR) is 122 cm³/mol. The smallest absolute Gasteiger partial charge is 0.290 e. The number of halogens is 1. The number of benzene rings is 2. The molecule has 0 saturated heterocycles. The van der Waals surface area contributed by atoms with Crippen molar-refractivity contribution in [2.75, 3.05) is 27.2 Å². The summed E-state index contributed by atoms with van der Waals surface area (Å²) in [5.41, 5.74) is 2.42. The first-order valence-corrected chi connectivity index (χ1v) is 10.7. The summed E-state index contributed by atoms with van der Waals surface area (Å²) < 4.78 is 6.66. The molecule has 1 N–H and O–H groups in total. The van der Waals surface area contributed by atoms with E-state index in [2.05, 4.69) is 15.9 Å². The van der Waals surface area contributed by atoms with Crippen LogP contribution in [0.1, 0.15) is 27.7 Å². The first-order valence-electron chi connectivity index (χ1n) is 9.95. The molecule has 1 aliphatic rings. The Labute approximate surface area is 188 Å². The molecule has 0 fully saturated rings. The number of rotatable bonds is 6. The lowest BCUT2D eigenvalue weighted by Gasteiger charge is -2.27. The van der Waals surface area contributed by atoms with E-state index in [0.717, 1.165) is 21.0 Å². The van der Waals surface area contributed by atoms with Crippen molar-refractivity contribution in [1.29, 1.82) is 0 Å². The molecular formula is C24H23BrN2O4. The van der Waals surface area contributed by atoms with Crippen LogP contribution in [-0.2, 0) is 4.79 Å². The second-order valence-electron chi connectivity index (χ2n) is 8.00. The van der Waals surface area contributed by atoms with E-state index in [0.29, 0.717) is 18.7 Å². The summed E-state index contributed by atoms with van der Waals surface area (Å²) in [6.45, 7) is 2.92. The number of fused-ring (bicyclic) bond motifs is 1. The molecule has 2 heterocycles. The Balaban J connectivity index is 1.78. The molecule has 3 aromatic rings. The maximum Gasteiger partial charge on any atom is 0.290 e. The van der Waals surface area contributed by atoms with Gasteiger partial charge in [0.25, 0.3) is 5.91 Å². The number of aliphatic hydroxyl groups is 1. The molecule has 1 aliphatic heterocycles. The molecule has 0 bridgehead atoms. The predicted octanol–water partition coefficient (Wildman–Crippen LogP) is 4.64. The van der Waals surface area contributed by atoms with Crippen LogP contribution < -0.4 is 0 Å². The van der Waals surface area contributed by atoms with Crippen molar-refractivity contribution in [3.05, 3.63) is 81.2 Å². The summed E-state index contributed by atoms with van der Waals surface area (Å²) in [5, 5.41) is 11.5. The first kappa shape index (κ1) is 21.3. The second-order valence-corrected chi connectivity index (χ2v) is 8.91. The summed E-state index contributed by atoms with van der Waals surface area (Å²) >= 11 is 3.42. The molecule has 7 heteroatoms. The summed E-state index contributed by atoms with van der Waals surface area (Å²) in [6.07, 6.45) is 0. The van der Waals surface area contributed by atoms with Gasteiger partial charge in [-0.25, -0.2) is 0 Å². The minimum absolute atomic E-state index is 0.0434. The number of amides is 1. The Hall–Kier alpha value is -2.90. The fourth-order valence-corrected chi connectivity index (χ4v) is 4.09. The van der Waals surface area contributed by atoms with E-state index in [1.165, 1.54) is 0 Å². The molecule has 2 aromatic carbocycles. The lowest BCUT2D eigenvalue weighted by atomic mass is 9.95. The lowest BCUT2D eigenvalue weighted by Crippen LogP contribution is -2.36. The van der Waals surface area contributed by atoms with Gasteiger partial charge in [0, 0.05) is 22.9 Å². The Morgan fingerprint density at radius 3 is 2.55 bits per heavy atom. The Morgan fingerprint density at radius 2 is 1.87 bits per heavy atom. The van der Waals surface area contributed by atoms with Crippen LogP contribution in [0.2, 0.25) is 0 Å². The number of likely N-dealkylation sites (N-methyl/N-ethyl adjacent to an activating group) is 1. The Kier molecular flexibility index (Phi) is 5.73. The van der Waals surface area contributed by atoms with E-state index in [1.54, 1.807) is 11.0 Å². The van der Waals surface area contributed by atoms with Crippen molar-refractivity contribution in [3.63, 3.8) is 0 Å². The van der Waals surface area contributed by atoms with Gasteiger partial charge in [-0.15, -0.1) is 0 Å². The van der Waals surface area contributed by atoms with Crippen molar-refractivity contribution in [2.45, 2.75) is 13.0 Å². The molecule has 1 amide bonds. The van der Waals surface area contributed by atoms with E-state index >= 15 is 0 Å². The highest BCUT2D eigenvalue weighted by Crippen LogP contribution is 2.39. The number of Topliss-reactive ketones (excluding diaryl/α,β-unsaturated/α-hetero) is 1. The quantitative estimate of drug-likeness (QED) is 0.517. The number of ketones is 1. The minimum Gasteiger partial charge on any atom is -0.503 e. The Bertz CT molecular complexity index is 1190. The lowest BCUT2D eigenvalue weighted by molar-refractivity contribution is -0.129. The van der Waals surface area contributed by atoms with E-state index in [1.807, 2.05) is 68.4 Å². The van der Waals surface area contributed by atoms with Crippen molar-refractivity contribution in [1.82, 2.24) is 9.80 Å². The highest BCUT2D eigenvalue weighted by molar-refractivity contribution is 9.10. The van der Waals surface area contributed by atoms with E-state index in [4.69, 9.17) is 4.42 Å². The molecule has 1 unspecified atom stereocenters. The van der Waals surface area contributed by atoms with Crippen molar-refractivity contribution in [3.8, 4) is 0 Å². The highest BCUT2D eigenvalue weighted by atomic mass is 79.9. The molecule has 6 nitrogen and oxygen atoms in total. The van der Waals surface area contributed by atoms with Crippen LogP contribution in [0.25, 0.3) is 11.0 Å². The van der Waals surface area contributed by atoms with Crippen molar-refractivity contribution >= 4 is 38.6 Å². The summed E-state index contributed by atoms with van der Waals surface area (Å²) in [7, 11) is 3.82. The number of furan rings is 1. The van der Waals surface area contributed by atoms with Gasteiger partial charge >= 0.3 is 0 Å². The van der Waals surface area contributed by atoms with Crippen LogP contribution in [0.5, 0.6) is 0 Å².